The zero-order chi connectivity index (χ0) is 12.3. The van der Waals surface area contributed by atoms with Crippen molar-refractivity contribution < 1.29 is 9.18 Å². The third kappa shape index (κ3) is 3.74. The molecule has 0 saturated carbocycles. The molecule has 0 saturated heterocycles. The zero-order valence-electron chi connectivity index (χ0n) is 10.2. The highest BCUT2D eigenvalue weighted by molar-refractivity contribution is 5.97. The Morgan fingerprint density at radius 2 is 2.00 bits per heavy atom. The van der Waals surface area contributed by atoms with Gasteiger partial charge in [-0.1, -0.05) is 12.1 Å². The summed E-state index contributed by atoms with van der Waals surface area (Å²) < 4.78 is 13.2. The van der Waals surface area contributed by atoms with Crippen molar-refractivity contribution >= 4 is 5.78 Å². The molecule has 3 heteroatoms. The second-order valence-corrected chi connectivity index (χ2v) is 4.99. The Morgan fingerprint density at radius 3 is 2.50 bits per heavy atom. The van der Waals surface area contributed by atoms with E-state index in [-0.39, 0.29) is 23.7 Å². The first kappa shape index (κ1) is 12.8. The van der Waals surface area contributed by atoms with Gasteiger partial charge < -0.3 is 5.32 Å². The number of halogens is 1. The highest BCUT2D eigenvalue weighted by Crippen LogP contribution is 2.10. The smallest absolute Gasteiger partial charge is 0.176 e. The Balaban J connectivity index is 2.70. The van der Waals surface area contributed by atoms with Crippen LogP contribution in [-0.4, -0.2) is 17.9 Å². The van der Waals surface area contributed by atoms with Gasteiger partial charge in [-0.05, 0) is 39.3 Å². The second-order valence-electron chi connectivity index (χ2n) is 4.99. The van der Waals surface area contributed by atoms with Gasteiger partial charge in [-0.2, -0.15) is 0 Å². The molecule has 0 unspecified atom stereocenters. The van der Waals surface area contributed by atoms with Crippen LogP contribution in [0.3, 0.4) is 0 Å². The lowest BCUT2D eigenvalue weighted by Crippen LogP contribution is -2.39. The van der Waals surface area contributed by atoms with Crippen molar-refractivity contribution in [3.63, 3.8) is 0 Å². The maximum atomic E-state index is 13.2. The number of carbonyl (C=O) groups is 1. The van der Waals surface area contributed by atoms with E-state index in [2.05, 4.69) is 5.32 Å². The van der Waals surface area contributed by atoms with E-state index in [9.17, 15) is 9.18 Å². The van der Waals surface area contributed by atoms with Crippen molar-refractivity contribution in [1.29, 1.82) is 0 Å². The highest BCUT2D eigenvalue weighted by atomic mass is 19.1. The van der Waals surface area contributed by atoms with Crippen LogP contribution in [0.1, 0.15) is 36.7 Å². The fourth-order valence-corrected chi connectivity index (χ4v) is 1.21. The molecular formula is C13H18FNO. The Labute approximate surface area is 95.9 Å². The number of rotatable bonds is 3. The van der Waals surface area contributed by atoms with Crippen molar-refractivity contribution in [2.24, 2.45) is 0 Å². The number of hydrogen-bond donors (Lipinski definition) is 1. The number of aryl methyl sites for hydroxylation is 1. The standard InChI is InChI=1S/C13H18FNO/c1-9-5-6-10(7-11(9)14)12(16)8-15-13(2,3)4/h5-7,15H,8H2,1-4H3. The minimum Gasteiger partial charge on any atom is -0.305 e. The molecule has 0 heterocycles. The molecule has 1 rings (SSSR count). The lowest BCUT2D eigenvalue weighted by molar-refractivity contribution is 0.0981. The van der Waals surface area contributed by atoms with Gasteiger partial charge >= 0.3 is 0 Å². The Hall–Kier alpha value is -1.22. The van der Waals surface area contributed by atoms with Crippen molar-refractivity contribution in [3.05, 3.63) is 35.1 Å². The molecule has 0 atom stereocenters. The van der Waals surface area contributed by atoms with Gasteiger partial charge in [0.1, 0.15) is 5.82 Å². The van der Waals surface area contributed by atoms with Gasteiger partial charge in [0, 0.05) is 11.1 Å². The molecule has 0 radical (unpaired) electrons. The fourth-order valence-electron chi connectivity index (χ4n) is 1.21. The maximum Gasteiger partial charge on any atom is 0.176 e. The van der Waals surface area contributed by atoms with Crippen LogP contribution in [0.5, 0.6) is 0 Å². The predicted molar refractivity (Wildman–Crippen MR) is 63.2 cm³/mol. The average Bonchev–Trinajstić information content (AvgIpc) is 2.17. The minimum absolute atomic E-state index is 0.0891. The molecule has 1 aromatic carbocycles. The first-order valence-electron chi connectivity index (χ1n) is 5.34. The largest absolute Gasteiger partial charge is 0.305 e. The second kappa shape index (κ2) is 4.74. The zero-order valence-corrected chi connectivity index (χ0v) is 10.2. The lowest BCUT2D eigenvalue weighted by Gasteiger charge is -2.19. The van der Waals surface area contributed by atoms with Crippen molar-refractivity contribution in [1.82, 2.24) is 5.32 Å². The molecule has 0 fully saturated rings. The molecule has 16 heavy (non-hydrogen) atoms. The first-order valence-corrected chi connectivity index (χ1v) is 5.34. The summed E-state index contributed by atoms with van der Waals surface area (Å²) in [4.78, 5) is 11.7. The molecule has 0 aromatic heterocycles. The van der Waals surface area contributed by atoms with Gasteiger partial charge in [0.25, 0.3) is 0 Å². The van der Waals surface area contributed by atoms with Crippen LogP contribution in [0, 0.1) is 12.7 Å². The van der Waals surface area contributed by atoms with Crippen LogP contribution in [0.2, 0.25) is 0 Å². The number of ketones is 1. The van der Waals surface area contributed by atoms with Crippen LogP contribution in [0.4, 0.5) is 4.39 Å². The van der Waals surface area contributed by atoms with E-state index < -0.39 is 0 Å². The van der Waals surface area contributed by atoms with Crippen LogP contribution >= 0.6 is 0 Å². The van der Waals surface area contributed by atoms with Crippen LogP contribution in [0.15, 0.2) is 18.2 Å². The van der Waals surface area contributed by atoms with Crippen LogP contribution < -0.4 is 5.32 Å². The Kier molecular flexibility index (Phi) is 3.81. The van der Waals surface area contributed by atoms with Crippen LogP contribution in [-0.2, 0) is 0 Å². The van der Waals surface area contributed by atoms with E-state index in [1.807, 2.05) is 20.8 Å². The van der Waals surface area contributed by atoms with Gasteiger partial charge in [0.2, 0.25) is 0 Å². The summed E-state index contributed by atoms with van der Waals surface area (Å²) in [6, 6.07) is 4.58. The molecule has 0 aliphatic carbocycles. The number of carbonyl (C=O) groups excluding carboxylic acids is 1. The predicted octanol–water partition coefficient (Wildman–Crippen LogP) is 2.70. The molecule has 0 spiro atoms. The molecule has 0 bridgehead atoms. The van der Waals surface area contributed by atoms with Gasteiger partial charge in [-0.25, -0.2) is 4.39 Å². The summed E-state index contributed by atoms with van der Waals surface area (Å²) in [6.45, 7) is 7.85. The first-order chi connectivity index (χ1) is 7.29. The monoisotopic (exact) mass is 223 g/mol. The molecule has 0 aliphatic rings. The van der Waals surface area contributed by atoms with E-state index in [0.29, 0.717) is 11.1 Å². The van der Waals surface area contributed by atoms with Gasteiger partial charge in [-0.15, -0.1) is 0 Å². The third-order valence-corrected chi connectivity index (χ3v) is 2.27. The average molecular weight is 223 g/mol. The summed E-state index contributed by atoms with van der Waals surface area (Å²) in [5, 5.41) is 3.08. The molecule has 0 amide bonds. The minimum atomic E-state index is -0.332. The third-order valence-electron chi connectivity index (χ3n) is 2.27. The summed E-state index contributed by atoms with van der Waals surface area (Å²) in [7, 11) is 0. The molecule has 2 nitrogen and oxygen atoms in total. The quantitative estimate of drug-likeness (QED) is 0.798. The Bertz CT molecular complexity index is 393. The molecule has 88 valence electrons. The van der Waals surface area contributed by atoms with E-state index in [4.69, 9.17) is 0 Å². The topological polar surface area (TPSA) is 29.1 Å². The fraction of sp³-hybridized carbons (Fsp3) is 0.462. The summed E-state index contributed by atoms with van der Waals surface area (Å²) in [5.41, 5.74) is 0.860. The highest BCUT2D eigenvalue weighted by Gasteiger charge is 2.13. The van der Waals surface area contributed by atoms with Gasteiger partial charge in [0.05, 0.1) is 6.54 Å². The molecule has 1 aromatic rings. The van der Waals surface area contributed by atoms with Crippen molar-refractivity contribution in [2.75, 3.05) is 6.54 Å². The Morgan fingerprint density at radius 1 is 1.38 bits per heavy atom. The van der Waals surface area contributed by atoms with Crippen LogP contribution in [0.25, 0.3) is 0 Å². The summed E-state index contributed by atoms with van der Waals surface area (Å²) in [5.74, 6) is -0.421. The number of hydrogen-bond acceptors (Lipinski definition) is 2. The van der Waals surface area contributed by atoms with E-state index in [0.717, 1.165) is 0 Å². The number of benzene rings is 1. The van der Waals surface area contributed by atoms with Gasteiger partial charge in [0.15, 0.2) is 5.78 Å². The van der Waals surface area contributed by atoms with Crippen molar-refractivity contribution in [3.8, 4) is 0 Å². The normalized spacial score (nSPS) is 11.6. The SMILES string of the molecule is Cc1ccc(C(=O)CNC(C)(C)C)cc1F. The summed E-state index contributed by atoms with van der Waals surface area (Å²) in [6.07, 6.45) is 0. The number of nitrogens with one attached hydrogen (secondary N) is 1. The van der Waals surface area contributed by atoms with E-state index in [1.54, 1.807) is 19.1 Å². The molecular weight excluding hydrogens is 205 g/mol. The maximum absolute atomic E-state index is 13.2. The molecule has 1 N–H and O–H groups in total. The summed E-state index contributed by atoms with van der Waals surface area (Å²) >= 11 is 0. The van der Waals surface area contributed by atoms with Gasteiger partial charge in [-0.3, -0.25) is 4.79 Å². The number of Topliss-reactive ketones (excluding diaryl/α,β-unsaturated/α-hetero) is 1. The lowest BCUT2D eigenvalue weighted by atomic mass is 10.1. The van der Waals surface area contributed by atoms with Crippen molar-refractivity contribution in [2.45, 2.75) is 33.2 Å². The molecule has 0 aliphatic heterocycles. The van der Waals surface area contributed by atoms with E-state index in [1.165, 1.54) is 6.07 Å². The van der Waals surface area contributed by atoms with E-state index >= 15 is 0 Å².